The van der Waals surface area contributed by atoms with Crippen molar-refractivity contribution in [1.29, 1.82) is 0 Å². The van der Waals surface area contributed by atoms with E-state index in [2.05, 4.69) is 52.6 Å². The molecular formula is C41H44Cl2N4O6. The van der Waals surface area contributed by atoms with E-state index in [0.717, 1.165) is 50.4 Å². The van der Waals surface area contributed by atoms with E-state index in [1.54, 1.807) is 20.3 Å². The zero-order valence-corrected chi connectivity index (χ0v) is 31.9. The molecule has 2 aromatic heterocycles. The fraction of sp³-hybridized carbons (Fsp3) is 0.439. The summed E-state index contributed by atoms with van der Waals surface area (Å²) in [5, 5.41) is 17.5. The summed E-state index contributed by atoms with van der Waals surface area (Å²) in [6.07, 6.45) is 5.70. The summed E-state index contributed by atoms with van der Waals surface area (Å²) < 4.78 is 23.6. The fourth-order valence-electron chi connectivity index (χ4n) is 8.82. The molecule has 278 valence electrons. The van der Waals surface area contributed by atoms with Gasteiger partial charge < -0.3 is 34.7 Å². The van der Waals surface area contributed by atoms with Crippen molar-refractivity contribution in [3.63, 3.8) is 0 Å². The average molecular weight is 760 g/mol. The van der Waals surface area contributed by atoms with Gasteiger partial charge in [-0.25, -0.2) is 0 Å². The van der Waals surface area contributed by atoms with Crippen LogP contribution < -0.4 is 29.6 Å². The van der Waals surface area contributed by atoms with Crippen LogP contribution >= 0.6 is 23.2 Å². The number of aliphatic carboxylic acids is 1. The number of benzene rings is 2. The molecule has 53 heavy (non-hydrogen) atoms. The van der Waals surface area contributed by atoms with Gasteiger partial charge in [0.25, 0.3) is 0 Å². The Balaban J connectivity index is 0.922. The van der Waals surface area contributed by atoms with Gasteiger partial charge in [-0.2, -0.15) is 9.97 Å². The van der Waals surface area contributed by atoms with E-state index in [0.29, 0.717) is 72.2 Å². The number of carbonyl (C=O) groups is 1. The maximum Gasteiger partial charge on any atom is 0.309 e. The minimum absolute atomic E-state index is 0.129. The average Bonchev–Trinajstić information content (AvgIpc) is 3.06. The number of halogens is 2. The largest absolute Gasteiger partial charge is 0.481 e. The summed E-state index contributed by atoms with van der Waals surface area (Å²) in [6.45, 7) is 5.86. The van der Waals surface area contributed by atoms with Crippen molar-refractivity contribution in [2.45, 2.75) is 89.8 Å². The molecule has 6 aliphatic rings. The van der Waals surface area contributed by atoms with Gasteiger partial charge >= 0.3 is 5.97 Å². The van der Waals surface area contributed by atoms with Gasteiger partial charge in [0.05, 0.1) is 19.6 Å². The topological polar surface area (TPSA) is 124 Å². The minimum Gasteiger partial charge on any atom is -0.481 e. The van der Waals surface area contributed by atoms with Gasteiger partial charge in [0.1, 0.15) is 23.3 Å². The van der Waals surface area contributed by atoms with Gasteiger partial charge in [-0.3, -0.25) is 4.79 Å². The highest BCUT2D eigenvalue weighted by Gasteiger charge is 2.71. The van der Waals surface area contributed by atoms with Crippen LogP contribution in [-0.4, -0.2) is 46.3 Å². The number of rotatable bonds is 16. The second-order valence-electron chi connectivity index (χ2n) is 15.5. The van der Waals surface area contributed by atoms with Crippen LogP contribution in [0.3, 0.4) is 0 Å². The van der Waals surface area contributed by atoms with Crippen molar-refractivity contribution in [3.05, 3.63) is 92.0 Å². The highest BCUT2D eigenvalue weighted by atomic mass is 35.5. The third kappa shape index (κ3) is 6.47. The second-order valence-corrected chi connectivity index (χ2v) is 16.3. The summed E-state index contributed by atoms with van der Waals surface area (Å²) in [5.74, 6) is 1.75. The molecule has 10 rings (SSSR count). The molecule has 0 saturated heterocycles. The summed E-state index contributed by atoms with van der Waals surface area (Å²) in [4.78, 5) is 20.7. The number of methoxy groups -OCH3 is 2. The maximum atomic E-state index is 11.5. The Kier molecular flexibility index (Phi) is 9.24. The minimum atomic E-state index is -0.704. The Labute approximate surface area is 319 Å². The van der Waals surface area contributed by atoms with Crippen LogP contribution in [0.25, 0.3) is 11.1 Å². The quantitative estimate of drug-likeness (QED) is 0.104. The van der Waals surface area contributed by atoms with Crippen LogP contribution in [0.15, 0.2) is 48.5 Å². The molecule has 0 spiro atoms. The molecule has 3 N–H and O–H groups in total. The standard InChI is InChI=1S/C41H44Cl2N4O6/c1-23-26(18-52-36-32(42)11-28(34(46-36)50-3)16-44-40-13-25(14-40)15-40)7-5-9-30(23)31-10-6-8-27(24(31)2)19-53-37-33(43)12-29(35(47-37)51-4)17-45-41-20-39(21-41,22-41)38(48)49/h5-12,25,44-45H,13-22H2,1-4H3,(H,48,49). The Morgan fingerprint density at radius 3 is 1.58 bits per heavy atom. The molecule has 4 bridgehead atoms. The van der Waals surface area contributed by atoms with Gasteiger partial charge in [-0.05, 0) is 104 Å². The zero-order chi connectivity index (χ0) is 37.1. The number of aromatic nitrogens is 2. The third-order valence-corrected chi connectivity index (χ3v) is 12.6. The van der Waals surface area contributed by atoms with Crippen LogP contribution in [0.1, 0.15) is 71.9 Å². The normalized spacial score (nSPS) is 24.6. The number of nitrogens with one attached hydrogen (secondary N) is 2. The summed E-state index contributed by atoms with van der Waals surface area (Å²) in [7, 11) is 3.18. The number of ether oxygens (including phenoxy) is 4. The zero-order valence-electron chi connectivity index (χ0n) is 30.4. The van der Waals surface area contributed by atoms with E-state index in [9.17, 15) is 9.90 Å². The molecule has 12 heteroatoms. The van der Waals surface area contributed by atoms with E-state index in [-0.39, 0.29) is 18.0 Å². The maximum absolute atomic E-state index is 11.5. The number of nitrogens with zero attached hydrogens (tertiary/aromatic N) is 2. The molecule has 10 nitrogen and oxygen atoms in total. The molecule has 6 saturated carbocycles. The Hall–Kier alpha value is -4.09. The van der Waals surface area contributed by atoms with Crippen LogP contribution in [0.5, 0.6) is 23.5 Å². The van der Waals surface area contributed by atoms with Crippen molar-refractivity contribution in [1.82, 2.24) is 20.6 Å². The first-order chi connectivity index (χ1) is 25.4. The summed E-state index contributed by atoms with van der Waals surface area (Å²) in [5.41, 5.74) is 7.68. The predicted octanol–water partition coefficient (Wildman–Crippen LogP) is 7.98. The molecule has 6 aliphatic carbocycles. The SMILES string of the molecule is COc1nc(OCc2cccc(-c3cccc(COc4nc(OC)c(CNC56CC(C(=O)O)(C5)C6)cc4Cl)c3C)c2C)c(Cl)cc1CNC12CC(C1)C2. The Morgan fingerprint density at radius 1 is 0.736 bits per heavy atom. The first-order valence-corrected chi connectivity index (χ1v) is 18.8. The number of carboxylic acids is 1. The van der Waals surface area contributed by atoms with E-state index < -0.39 is 11.4 Å². The lowest BCUT2D eigenvalue weighted by Crippen LogP contribution is -2.76. The van der Waals surface area contributed by atoms with Crippen LogP contribution in [0.2, 0.25) is 10.0 Å². The molecule has 2 aromatic carbocycles. The Morgan fingerprint density at radius 2 is 1.19 bits per heavy atom. The molecule has 4 aromatic rings. The number of pyridine rings is 2. The van der Waals surface area contributed by atoms with Gasteiger partial charge in [0.15, 0.2) is 0 Å². The third-order valence-electron chi connectivity index (χ3n) is 12.1. The van der Waals surface area contributed by atoms with E-state index >= 15 is 0 Å². The molecule has 0 atom stereocenters. The predicted molar refractivity (Wildman–Crippen MR) is 202 cm³/mol. The number of hydrogen-bond donors (Lipinski definition) is 3. The first-order valence-electron chi connectivity index (χ1n) is 18.1. The summed E-state index contributed by atoms with van der Waals surface area (Å²) >= 11 is 13.3. The van der Waals surface area contributed by atoms with Crippen molar-refractivity contribution in [2.75, 3.05) is 14.2 Å². The van der Waals surface area contributed by atoms with Gasteiger partial charge in [0.2, 0.25) is 23.5 Å². The number of carboxylic acid groups (broad SMARTS) is 1. The van der Waals surface area contributed by atoms with Crippen molar-refractivity contribution < 1.29 is 28.8 Å². The monoisotopic (exact) mass is 758 g/mol. The van der Waals surface area contributed by atoms with Crippen LogP contribution in [0, 0.1) is 25.2 Å². The molecule has 2 heterocycles. The summed E-state index contributed by atoms with van der Waals surface area (Å²) in [6, 6.07) is 16.0. The fourth-order valence-corrected chi connectivity index (χ4v) is 9.27. The van der Waals surface area contributed by atoms with E-state index in [4.69, 9.17) is 42.1 Å². The molecule has 0 unspecified atom stereocenters. The Bertz CT molecular complexity index is 2070. The molecule has 6 fully saturated rings. The van der Waals surface area contributed by atoms with Gasteiger partial charge in [-0.1, -0.05) is 59.6 Å². The van der Waals surface area contributed by atoms with Gasteiger partial charge in [-0.15, -0.1) is 0 Å². The molecular weight excluding hydrogens is 715 g/mol. The van der Waals surface area contributed by atoms with E-state index in [1.165, 1.54) is 19.3 Å². The van der Waals surface area contributed by atoms with Crippen molar-refractivity contribution in [3.8, 4) is 34.6 Å². The lowest BCUT2D eigenvalue weighted by atomic mass is 9.39. The first kappa shape index (κ1) is 35.9. The number of hydrogen-bond acceptors (Lipinski definition) is 9. The molecule has 0 aliphatic heterocycles. The van der Waals surface area contributed by atoms with Crippen molar-refractivity contribution in [2.24, 2.45) is 11.3 Å². The smallest absolute Gasteiger partial charge is 0.309 e. The lowest BCUT2D eigenvalue weighted by Gasteiger charge is -2.68. The van der Waals surface area contributed by atoms with Gasteiger partial charge in [0, 0.05) is 35.3 Å². The molecule has 0 amide bonds. The van der Waals surface area contributed by atoms with E-state index in [1.807, 2.05) is 24.3 Å². The second kappa shape index (κ2) is 13.6. The van der Waals surface area contributed by atoms with Crippen LogP contribution in [-0.2, 0) is 31.1 Å². The highest BCUT2D eigenvalue weighted by molar-refractivity contribution is 6.32. The van der Waals surface area contributed by atoms with Crippen molar-refractivity contribution >= 4 is 29.2 Å². The lowest BCUT2D eigenvalue weighted by molar-refractivity contribution is -0.199. The highest BCUT2D eigenvalue weighted by Crippen LogP contribution is 2.67. The van der Waals surface area contributed by atoms with Crippen LogP contribution in [0.4, 0.5) is 0 Å². The molecule has 0 radical (unpaired) electrons.